The van der Waals surface area contributed by atoms with E-state index in [4.69, 9.17) is 9.26 Å². The van der Waals surface area contributed by atoms with Crippen LogP contribution in [0.2, 0.25) is 0 Å². The molecule has 2 saturated heterocycles. The molecular formula is C10H16N4O2. The van der Waals surface area contributed by atoms with Crippen molar-refractivity contribution in [1.82, 2.24) is 15.5 Å². The fourth-order valence-corrected chi connectivity index (χ4v) is 1.96. The Labute approximate surface area is 93.9 Å². The Morgan fingerprint density at radius 2 is 2.12 bits per heavy atom. The van der Waals surface area contributed by atoms with E-state index in [0.29, 0.717) is 11.9 Å². The van der Waals surface area contributed by atoms with Crippen molar-refractivity contribution < 1.29 is 9.26 Å². The minimum atomic E-state index is 0.665. The van der Waals surface area contributed by atoms with Crippen molar-refractivity contribution >= 4 is 5.95 Å². The third-order valence-electron chi connectivity index (χ3n) is 3.08. The van der Waals surface area contributed by atoms with E-state index >= 15 is 0 Å². The predicted octanol–water partition coefficient (Wildman–Crippen LogP) is -0.332. The van der Waals surface area contributed by atoms with Crippen LogP contribution >= 0.6 is 0 Å². The van der Waals surface area contributed by atoms with Crippen molar-refractivity contribution in [2.24, 2.45) is 5.92 Å². The molecule has 0 atom stereocenters. The molecular weight excluding hydrogens is 208 g/mol. The summed E-state index contributed by atoms with van der Waals surface area (Å²) in [6.07, 6.45) is 0.893. The van der Waals surface area contributed by atoms with Gasteiger partial charge in [-0.25, -0.2) is 0 Å². The summed E-state index contributed by atoms with van der Waals surface area (Å²) in [6.45, 7) is 5.32. The molecule has 2 aliphatic heterocycles. The minimum Gasteiger partial charge on any atom is -0.378 e. The number of aromatic nitrogens is 2. The number of hydrogen-bond donors (Lipinski definition) is 1. The van der Waals surface area contributed by atoms with Crippen LogP contribution in [0.4, 0.5) is 5.95 Å². The SMILES string of the molecule is C1CN(c2noc(CC3CNC3)n2)CCO1. The highest BCUT2D eigenvalue weighted by Crippen LogP contribution is 2.15. The number of nitrogens with one attached hydrogen (secondary N) is 1. The van der Waals surface area contributed by atoms with Crippen molar-refractivity contribution in [3.05, 3.63) is 5.89 Å². The summed E-state index contributed by atoms with van der Waals surface area (Å²) in [5.41, 5.74) is 0. The topological polar surface area (TPSA) is 63.4 Å². The van der Waals surface area contributed by atoms with Gasteiger partial charge in [-0.2, -0.15) is 4.98 Å². The molecule has 0 amide bonds. The molecule has 0 bridgehead atoms. The van der Waals surface area contributed by atoms with Crippen LogP contribution in [0.25, 0.3) is 0 Å². The summed E-state index contributed by atoms with van der Waals surface area (Å²) in [6, 6.07) is 0. The maximum absolute atomic E-state index is 5.28. The van der Waals surface area contributed by atoms with Crippen LogP contribution in [0.3, 0.4) is 0 Å². The maximum Gasteiger partial charge on any atom is 0.266 e. The number of ether oxygens (including phenoxy) is 1. The van der Waals surface area contributed by atoms with Gasteiger partial charge in [-0.3, -0.25) is 0 Å². The number of anilines is 1. The second-order valence-corrected chi connectivity index (χ2v) is 4.32. The summed E-state index contributed by atoms with van der Waals surface area (Å²) < 4.78 is 10.5. The Kier molecular flexibility index (Phi) is 2.75. The van der Waals surface area contributed by atoms with Gasteiger partial charge < -0.3 is 19.5 Å². The van der Waals surface area contributed by atoms with Crippen molar-refractivity contribution in [2.75, 3.05) is 44.3 Å². The Balaban J connectivity index is 1.61. The molecule has 3 rings (SSSR count). The van der Waals surface area contributed by atoms with Crippen LogP contribution in [-0.4, -0.2) is 49.5 Å². The quantitative estimate of drug-likeness (QED) is 0.758. The first kappa shape index (κ1) is 10.0. The van der Waals surface area contributed by atoms with Gasteiger partial charge in [-0.05, 0) is 24.2 Å². The van der Waals surface area contributed by atoms with E-state index in [2.05, 4.69) is 20.4 Å². The zero-order valence-corrected chi connectivity index (χ0v) is 9.19. The molecule has 6 heteroatoms. The Bertz CT molecular complexity index is 344. The van der Waals surface area contributed by atoms with Gasteiger partial charge in [0.2, 0.25) is 5.89 Å². The number of hydrogen-bond acceptors (Lipinski definition) is 6. The van der Waals surface area contributed by atoms with Crippen LogP contribution < -0.4 is 10.2 Å². The summed E-state index contributed by atoms with van der Waals surface area (Å²) in [7, 11) is 0. The molecule has 2 fully saturated rings. The zero-order chi connectivity index (χ0) is 10.8. The van der Waals surface area contributed by atoms with E-state index in [1.807, 2.05) is 0 Å². The summed E-state index contributed by atoms with van der Waals surface area (Å²) >= 11 is 0. The lowest BCUT2D eigenvalue weighted by molar-refractivity contribution is 0.121. The molecule has 0 aliphatic carbocycles. The molecule has 0 saturated carbocycles. The molecule has 3 heterocycles. The first-order valence-electron chi connectivity index (χ1n) is 5.78. The molecule has 0 unspecified atom stereocenters. The van der Waals surface area contributed by atoms with E-state index in [9.17, 15) is 0 Å². The fraction of sp³-hybridized carbons (Fsp3) is 0.800. The van der Waals surface area contributed by atoms with Crippen LogP contribution in [0.1, 0.15) is 5.89 Å². The molecule has 1 N–H and O–H groups in total. The number of morpholine rings is 1. The average Bonchev–Trinajstić information content (AvgIpc) is 2.73. The second kappa shape index (κ2) is 4.39. The second-order valence-electron chi connectivity index (χ2n) is 4.32. The lowest BCUT2D eigenvalue weighted by atomic mass is 10.00. The lowest BCUT2D eigenvalue weighted by Crippen LogP contribution is -2.43. The first-order chi connectivity index (χ1) is 7.92. The van der Waals surface area contributed by atoms with E-state index in [0.717, 1.165) is 51.7 Å². The Hall–Kier alpha value is -1.14. The molecule has 0 spiro atoms. The summed E-state index contributed by atoms with van der Waals surface area (Å²) in [5, 5.41) is 7.25. The Morgan fingerprint density at radius 3 is 2.81 bits per heavy atom. The third-order valence-corrected chi connectivity index (χ3v) is 3.08. The van der Waals surface area contributed by atoms with Crippen molar-refractivity contribution in [2.45, 2.75) is 6.42 Å². The van der Waals surface area contributed by atoms with Gasteiger partial charge in [0.25, 0.3) is 5.95 Å². The van der Waals surface area contributed by atoms with Crippen molar-refractivity contribution in [3.63, 3.8) is 0 Å². The third kappa shape index (κ3) is 2.03. The minimum absolute atomic E-state index is 0.665. The fourth-order valence-electron chi connectivity index (χ4n) is 1.96. The first-order valence-corrected chi connectivity index (χ1v) is 5.78. The van der Waals surface area contributed by atoms with Crippen LogP contribution in [-0.2, 0) is 11.2 Å². The lowest BCUT2D eigenvalue weighted by Gasteiger charge is -2.25. The zero-order valence-electron chi connectivity index (χ0n) is 9.19. The highest BCUT2D eigenvalue weighted by atomic mass is 16.5. The molecule has 2 aliphatic rings. The highest BCUT2D eigenvalue weighted by molar-refractivity contribution is 5.28. The highest BCUT2D eigenvalue weighted by Gasteiger charge is 2.22. The monoisotopic (exact) mass is 224 g/mol. The smallest absolute Gasteiger partial charge is 0.266 e. The van der Waals surface area contributed by atoms with E-state index in [1.165, 1.54) is 0 Å². The summed E-state index contributed by atoms with van der Waals surface area (Å²) in [5.74, 6) is 2.14. The van der Waals surface area contributed by atoms with Gasteiger partial charge in [-0.15, -0.1) is 0 Å². The van der Waals surface area contributed by atoms with Gasteiger partial charge >= 0.3 is 0 Å². The molecule has 88 valence electrons. The van der Waals surface area contributed by atoms with Crippen molar-refractivity contribution in [1.29, 1.82) is 0 Å². The van der Waals surface area contributed by atoms with E-state index in [-0.39, 0.29) is 0 Å². The maximum atomic E-state index is 5.28. The van der Waals surface area contributed by atoms with Gasteiger partial charge in [-0.1, -0.05) is 0 Å². The number of nitrogens with zero attached hydrogens (tertiary/aromatic N) is 3. The molecule has 1 aromatic heterocycles. The van der Waals surface area contributed by atoms with Crippen LogP contribution in [0.15, 0.2) is 4.52 Å². The molecule has 16 heavy (non-hydrogen) atoms. The molecule has 6 nitrogen and oxygen atoms in total. The van der Waals surface area contributed by atoms with E-state index < -0.39 is 0 Å². The van der Waals surface area contributed by atoms with E-state index in [1.54, 1.807) is 0 Å². The average molecular weight is 224 g/mol. The van der Waals surface area contributed by atoms with Crippen molar-refractivity contribution in [3.8, 4) is 0 Å². The van der Waals surface area contributed by atoms with Gasteiger partial charge in [0, 0.05) is 19.5 Å². The Morgan fingerprint density at radius 1 is 1.31 bits per heavy atom. The summed E-state index contributed by atoms with van der Waals surface area (Å²) in [4.78, 5) is 6.53. The largest absolute Gasteiger partial charge is 0.378 e. The molecule has 1 aromatic rings. The van der Waals surface area contributed by atoms with Gasteiger partial charge in [0.05, 0.1) is 13.2 Å². The predicted molar refractivity (Wildman–Crippen MR) is 57.4 cm³/mol. The normalized spacial score (nSPS) is 22.1. The van der Waals surface area contributed by atoms with Gasteiger partial charge in [0.1, 0.15) is 0 Å². The number of rotatable bonds is 3. The van der Waals surface area contributed by atoms with Crippen LogP contribution in [0, 0.1) is 5.92 Å². The standard InChI is InChI=1S/C10H16N4O2/c1-3-15-4-2-14(1)10-12-9(16-13-10)5-8-6-11-7-8/h8,11H,1-7H2. The molecule has 0 aromatic carbocycles. The van der Waals surface area contributed by atoms with Crippen LogP contribution in [0.5, 0.6) is 0 Å². The molecule has 0 radical (unpaired) electrons. The van der Waals surface area contributed by atoms with Gasteiger partial charge in [0.15, 0.2) is 0 Å².